The molecule has 1 aromatic carbocycles. The average Bonchev–Trinajstić information content (AvgIpc) is 2.61. The first-order valence-electron chi connectivity index (χ1n) is 9.19. The summed E-state index contributed by atoms with van der Waals surface area (Å²) in [6, 6.07) is 3.38. The first-order chi connectivity index (χ1) is 12.5. The molecule has 1 aromatic rings. The van der Waals surface area contributed by atoms with Crippen LogP contribution in [0.25, 0.3) is 0 Å². The van der Waals surface area contributed by atoms with Crippen LogP contribution in [0.5, 0.6) is 5.75 Å². The van der Waals surface area contributed by atoms with Crippen molar-refractivity contribution in [3.63, 3.8) is 0 Å². The molecule has 2 aliphatic rings. The van der Waals surface area contributed by atoms with Crippen molar-refractivity contribution in [2.24, 2.45) is 5.92 Å². The van der Waals surface area contributed by atoms with Crippen molar-refractivity contribution in [2.45, 2.75) is 45.3 Å². The smallest absolute Gasteiger partial charge is 0.255 e. The van der Waals surface area contributed by atoms with Crippen LogP contribution in [0.4, 0.5) is 5.69 Å². The number of rotatable bonds is 4. The van der Waals surface area contributed by atoms with Crippen LogP contribution >= 0.6 is 11.6 Å². The molecule has 3 N–H and O–H groups in total. The van der Waals surface area contributed by atoms with Gasteiger partial charge in [-0.05, 0) is 51.6 Å². The zero-order valence-corrected chi connectivity index (χ0v) is 16.1. The van der Waals surface area contributed by atoms with Crippen LogP contribution in [0.1, 0.15) is 43.5 Å². The van der Waals surface area contributed by atoms with Crippen molar-refractivity contribution in [1.82, 2.24) is 10.2 Å². The molecule has 0 aliphatic carbocycles. The van der Waals surface area contributed by atoms with E-state index in [1.807, 2.05) is 6.92 Å². The summed E-state index contributed by atoms with van der Waals surface area (Å²) in [5.41, 5.74) is 6.70. The lowest BCUT2D eigenvalue weighted by Crippen LogP contribution is -2.53. The van der Waals surface area contributed by atoms with Crippen molar-refractivity contribution in [3.8, 4) is 17.6 Å². The number of nitrogens with two attached hydrogens (primary N) is 1. The van der Waals surface area contributed by atoms with Gasteiger partial charge in [-0.1, -0.05) is 17.5 Å². The van der Waals surface area contributed by atoms with Gasteiger partial charge in [0, 0.05) is 25.2 Å². The van der Waals surface area contributed by atoms with Crippen LogP contribution in [0.15, 0.2) is 12.1 Å². The van der Waals surface area contributed by atoms with Crippen LogP contribution in [-0.2, 0) is 0 Å². The average molecular weight is 376 g/mol. The maximum absolute atomic E-state index is 13.0. The van der Waals surface area contributed by atoms with Gasteiger partial charge in [-0.25, -0.2) is 0 Å². The summed E-state index contributed by atoms with van der Waals surface area (Å²) in [5.74, 6) is 6.50. The van der Waals surface area contributed by atoms with E-state index in [0.717, 1.165) is 25.9 Å². The number of fused-ring (bicyclic) bond motifs is 2. The van der Waals surface area contributed by atoms with Gasteiger partial charge < -0.3 is 20.7 Å². The van der Waals surface area contributed by atoms with Crippen molar-refractivity contribution < 1.29 is 9.53 Å². The number of hydrogen-bond donors (Lipinski definition) is 2. The molecule has 5 nitrogen and oxygen atoms in total. The number of carbonyl (C=O) groups is 1. The number of ether oxygens (including phenoxy) is 1. The Hall–Kier alpha value is -1.90. The normalized spacial score (nSPS) is 25.6. The third-order valence-electron chi connectivity index (χ3n) is 5.18. The summed E-state index contributed by atoms with van der Waals surface area (Å²) in [7, 11) is 0. The number of hydrogen-bond acceptors (Lipinski definition) is 4. The number of nitrogen functional groups attached to an aromatic ring is 1. The van der Waals surface area contributed by atoms with E-state index in [-0.39, 0.29) is 18.1 Å². The third kappa shape index (κ3) is 4.25. The Morgan fingerprint density at radius 2 is 2.23 bits per heavy atom. The highest BCUT2D eigenvalue weighted by molar-refractivity contribution is 6.33. The van der Waals surface area contributed by atoms with E-state index < -0.39 is 0 Å². The Bertz CT molecular complexity index is 741. The fourth-order valence-corrected chi connectivity index (χ4v) is 4.05. The Balaban J connectivity index is 1.78. The van der Waals surface area contributed by atoms with E-state index in [1.54, 1.807) is 19.1 Å². The van der Waals surface area contributed by atoms with Gasteiger partial charge >= 0.3 is 0 Å². The molecule has 3 unspecified atom stereocenters. The van der Waals surface area contributed by atoms with Crippen LogP contribution in [0.3, 0.4) is 0 Å². The summed E-state index contributed by atoms with van der Waals surface area (Å²) in [6.07, 6.45) is 3.00. The molecular weight excluding hydrogens is 350 g/mol. The van der Waals surface area contributed by atoms with Gasteiger partial charge in [-0.3, -0.25) is 4.79 Å². The predicted octanol–water partition coefficient (Wildman–Crippen LogP) is 2.93. The van der Waals surface area contributed by atoms with Gasteiger partial charge in [0.15, 0.2) is 6.10 Å². The molecule has 140 valence electrons. The minimum atomic E-state index is -0.339. The van der Waals surface area contributed by atoms with E-state index in [9.17, 15) is 4.79 Å². The highest BCUT2D eigenvalue weighted by Crippen LogP contribution is 2.31. The number of carbonyl (C=O) groups excluding carboxylic acids is 1. The van der Waals surface area contributed by atoms with Crippen LogP contribution in [-0.4, -0.2) is 42.6 Å². The molecule has 1 amide bonds. The third-order valence-corrected chi connectivity index (χ3v) is 5.51. The van der Waals surface area contributed by atoms with E-state index in [1.165, 1.54) is 13.0 Å². The molecule has 2 saturated heterocycles. The van der Waals surface area contributed by atoms with E-state index in [4.69, 9.17) is 22.1 Å². The number of piperidine rings is 2. The van der Waals surface area contributed by atoms with Crippen LogP contribution in [0, 0.1) is 17.8 Å². The molecule has 0 spiro atoms. The standard InChI is InChI=1S/C20H26ClN3O2/c1-3-5-13(2)26-19-11-17(22)16(21)10-15(19)20(25)23-18-7-9-24-8-4-6-14(18)12-24/h10-11,13-14,18H,4,6-9,12,22H2,1-2H3,(H,23,25)/t13-,14?,18?/m0/s1. The van der Waals surface area contributed by atoms with Crippen molar-refractivity contribution >= 4 is 23.2 Å². The highest BCUT2D eigenvalue weighted by atomic mass is 35.5. The number of benzene rings is 1. The first kappa shape index (κ1) is 18.9. The highest BCUT2D eigenvalue weighted by Gasteiger charge is 2.33. The quantitative estimate of drug-likeness (QED) is 0.627. The SMILES string of the molecule is CC#C[C@H](C)Oc1cc(N)c(Cl)cc1C(=O)NC1CCN2CCCC1C2. The number of nitrogens with one attached hydrogen (secondary N) is 1. The second-order valence-electron chi connectivity index (χ2n) is 7.10. The summed E-state index contributed by atoms with van der Waals surface area (Å²) in [4.78, 5) is 15.4. The van der Waals surface area contributed by atoms with Gasteiger partial charge in [0.1, 0.15) is 5.75 Å². The Morgan fingerprint density at radius 1 is 1.42 bits per heavy atom. The zero-order valence-electron chi connectivity index (χ0n) is 15.3. The second kappa shape index (κ2) is 8.20. The van der Waals surface area contributed by atoms with E-state index in [2.05, 4.69) is 22.1 Å². The molecule has 4 atom stereocenters. The molecule has 3 rings (SSSR count). The van der Waals surface area contributed by atoms with Gasteiger partial charge in [0.2, 0.25) is 0 Å². The van der Waals surface area contributed by atoms with Gasteiger partial charge in [0.25, 0.3) is 5.91 Å². The topological polar surface area (TPSA) is 67.6 Å². The monoisotopic (exact) mass is 375 g/mol. The predicted molar refractivity (Wildman–Crippen MR) is 104 cm³/mol. The minimum absolute atomic E-state index is 0.164. The number of amides is 1. The Labute approximate surface area is 160 Å². The maximum Gasteiger partial charge on any atom is 0.255 e. The molecule has 0 radical (unpaired) electrons. The van der Waals surface area contributed by atoms with Gasteiger partial charge in [0.05, 0.1) is 16.3 Å². The van der Waals surface area contributed by atoms with Crippen LogP contribution in [0.2, 0.25) is 5.02 Å². The van der Waals surface area contributed by atoms with E-state index >= 15 is 0 Å². The first-order valence-corrected chi connectivity index (χ1v) is 9.57. The molecule has 0 aromatic heterocycles. The summed E-state index contributed by atoms with van der Waals surface area (Å²) >= 11 is 6.16. The molecule has 26 heavy (non-hydrogen) atoms. The molecule has 2 fully saturated rings. The fourth-order valence-electron chi connectivity index (χ4n) is 3.88. The Morgan fingerprint density at radius 3 is 3.00 bits per heavy atom. The number of anilines is 1. The minimum Gasteiger partial charge on any atom is -0.477 e. The lowest BCUT2D eigenvalue weighted by atomic mass is 9.85. The molecule has 6 heteroatoms. The molecule has 0 saturated carbocycles. The lowest BCUT2D eigenvalue weighted by Gasteiger charge is -2.42. The van der Waals surface area contributed by atoms with Crippen LogP contribution < -0.4 is 15.8 Å². The summed E-state index contributed by atoms with van der Waals surface area (Å²) in [6.45, 7) is 6.87. The number of nitrogens with zero attached hydrogens (tertiary/aromatic N) is 1. The molecule has 2 aliphatic heterocycles. The molecular formula is C20H26ClN3O2. The van der Waals surface area contributed by atoms with Gasteiger partial charge in [-0.2, -0.15) is 0 Å². The fraction of sp³-hybridized carbons (Fsp3) is 0.550. The Kier molecular flexibility index (Phi) is 5.95. The lowest BCUT2D eigenvalue weighted by molar-refractivity contribution is 0.0736. The largest absolute Gasteiger partial charge is 0.477 e. The van der Waals surface area contributed by atoms with Gasteiger partial charge in [-0.15, -0.1) is 5.92 Å². The van der Waals surface area contributed by atoms with Crippen molar-refractivity contribution in [2.75, 3.05) is 25.4 Å². The second-order valence-corrected chi connectivity index (χ2v) is 7.50. The summed E-state index contributed by atoms with van der Waals surface area (Å²) < 4.78 is 5.83. The molecule has 2 heterocycles. The summed E-state index contributed by atoms with van der Waals surface area (Å²) in [5, 5.41) is 3.55. The molecule has 2 bridgehead atoms. The van der Waals surface area contributed by atoms with Crippen molar-refractivity contribution in [3.05, 3.63) is 22.7 Å². The number of halogens is 1. The van der Waals surface area contributed by atoms with Crippen molar-refractivity contribution in [1.29, 1.82) is 0 Å². The van der Waals surface area contributed by atoms with E-state index in [0.29, 0.717) is 27.9 Å². The zero-order chi connectivity index (χ0) is 18.7. The maximum atomic E-state index is 13.0.